The minimum atomic E-state index is -4.26. The van der Waals surface area contributed by atoms with E-state index in [1.54, 1.807) is 0 Å². The Hall–Kier alpha value is -2.40. The lowest BCUT2D eigenvalue weighted by molar-refractivity contribution is -0.122. The molecule has 2 bridgehead atoms. The van der Waals surface area contributed by atoms with E-state index in [0.717, 1.165) is 6.07 Å². The van der Waals surface area contributed by atoms with Crippen LogP contribution in [-0.2, 0) is 14.8 Å². The van der Waals surface area contributed by atoms with Crippen LogP contribution in [0.2, 0.25) is 10.0 Å². The van der Waals surface area contributed by atoms with E-state index in [1.165, 1.54) is 28.6 Å². The molecule has 2 atom stereocenters. The number of halogens is 3. The minimum absolute atomic E-state index is 0.00219. The van der Waals surface area contributed by atoms with Gasteiger partial charge in [-0.15, -0.1) is 0 Å². The number of Topliss-reactive ketones (excluding diaryl/α,β-unsaturated/α-hetero) is 1. The number of sulfonamides is 1. The van der Waals surface area contributed by atoms with Gasteiger partial charge in [0.2, 0.25) is 10.0 Å². The van der Waals surface area contributed by atoms with Gasteiger partial charge in [-0.3, -0.25) is 4.79 Å². The Labute approximate surface area is 193 Å². The number of piperidine rings is 1. The van der Waals surface area contributed by atoms with Crippen LogP contribution in [0, 0.1) is 5.82 Å². The predicted molar refractivity (Wildman–Crippen MR) is 117 cm³/mol. The summed E-state index contributed by atoms with van der Waals surface area (Å²) < 4.78 is 41.6. The lowest BCUT2D eigenvalue weighted by Crippen LogP contribution is -2.46. The lowest BCUT2D eigenvalue weighted by atomic mass is 10.0. The molecule has 2 saturated heterocycles. The van der Waals surface area contributed by atoms with E-state index in [0.29, 0.717) is 12.8 Å². The van der Waals surface area contributed by atoms with E-state index in [2.05, 4.69) is 10.6 Å². The Morgan fingerprint density at radius 3 is 2.34 bits per heavy atom. The standard InChI is InChI=1S/C20H18Cl2FN3O5S/c21-13-6-7-16(25-20(29)24-15-3-1-2-14(23)17(15)22)18(28)19(13)32(30,31)26-10-4-5-11(26)9-12(27)8-10/h1-3,6-7,10-11,28H,4-5,8-9H2,(H2,24,25,29)/t10-,11+. The number of phenolic OH excluding ortho intramolecular Hbond substituents is 1. The van der Waals surface area contributed by atoms with Crippen LogP contribution < -0.4 is 10.6 Å². The fourth-order valence-electron chi connectivity index (χ4n) is 4.20. The SMILES string of the molecule is O=C1C[C@H]2CC[C@@H](C1)N2S(=O)(=O)c1c(Cl)ccc(NC(=O)Nc2cccc(F)c2Cl)c1O. The van der Waals surface area contributed by atoms with Gasteiger partial charge in [0.05, 0.1) is 21.4 Å². The second-order valence-corrected chi connectivity index (χ2v) is 10.2. The molecule has 2 heterocycles. The van der Waals surface area contributed by atoms with Crippen LogP contribution >= 0.6 is 23.2 Å². The minimum Gasteiger partial charge on any atom is -0.504 e. The summed E-state index contributed by atoms with van der Waals surface area (Å²) >= 11 is 11.9. The molecule has 4 rings (SSSR count). The van der Waals surface area contributed by atoms with Crippen molar-refractivity contribution in [2.75, 3.05) is 10.6 Å². The Morgan fingerprint density at radius 2 is 1.69 bits per heavy atom. The normalized spacial score (nSPS) is 20.9. The third-order valence-corrected chi connectivity index (χ3v) is 8.44. The van der Waals surface area contributed by atoms with Crippen LogP contribution in [0.25, 0.3) is 0 Å². The monoisotopic (exact) mass is 501 g/mol. The van der Waals surface area contributed by atoms with Gasteiger partial charge in [-0.25, -0.2) is 17.6 Å². The third-order valence-electron chi connectivity index (χ3n) is 5.55. The first-order valence-corrected chi connectivity index (χ1v) is 11.9. The predicted octanol–water partition coefficient (Wildman–Crippen LogP) is 4.37. The summed E-state index contributed by atoms with van der Waals surface area (Å²) in [4.78, 5) is 23.7. The quantitative estimate of drug-likeness (QED) is 0.538. The molecule has 2 fully saturated rings. The third kappa shape index (κ3) is 4.03. The van der Waals surface area contributed by atoms with Crippen LogP contribution in [0.3, 0.4) is 0 Å². The van der Waals surface area contributed by atoms with Gasteiger partial charge in [0.15, 0.2) is 5.75 Å². The number of ketones is 1. The largest absolute Gasteiger partial charge is 0.504 e. The number of aromatic hydroxyl groups is 1. The van der Waals surface area contributed by atoms with Gasteiger partial charge in [-0.05, 0) is 37.1 Å². The molecular formula is C20H18Cl2FN3O5S. The highest BCUT2D eigenvalue weighted by Gasteiger charge is 2.48. The van der Waals surface area contributed by atoms with E-state index < -0.39 is 44.6 Å². The molecule has 0 aromatic heterocycles. The van der Waals surface area contributed by atoms with E-state index in [-0.39, 0.29) is 40.0 Å². The fourth-order valence-corrected chi connectivity index (χ4v) is 6.84. The number of benzene rings is 2. The first-order chi connectivity index (χ1) is 15.1. The molecule has 0 unspecified atom stereocenters. The Bertz CT molecular complexity index is 1210. The molecule has 2 aromatic rings. The van der Waals surface area contributed by atoms with Crippen molar-refractivity contribution in [2.24, 2.45) is 0 Å². The molecule has 12 heteroatoms. The lowest BCUT2D eigenvalue weighted by Gasteiger charge is -2.33. The van der Waals surface area contributed by atoms with Crippen molar-refractivity contribution in [1.29, 1.82) is 0 Å². The number of urea groups is 1. The van der Waals surface area contributed by atoms with Gasteiger partial charge in [0.1, 0.15) is 16.5 Å². The number of rotatable bonds is 4. The summed E-state index contributed by atoms with van der Waals surface area (Å²) in [5.41, 5.74) is -0.238. The Kier molecular flexibility index (Phi) is 6.06. The average molecular weight is 502 g/mol. The van der Waals surface area contributed by atoms with E-state index >= 15 is 0 Å². The second kappa shape index (κ2) is 8.51. The smallest absolute Gasteiger partial charge is 0.323 e. The summed E-state index contributed by atoms with van der Waals surface area (Å²) in [6.07, 6.45) is 1.32. The number of nitrogens with one attached hydrogen (secondary N) is 2. The summed E-state index contributed by atoms with van der Waals surface area (Å²) in [6.45, 7) is 0. The molecule has 2 aliphatic heterocycles. The maximum absolute atomic E-state index is 13.6. The number of carbonyl (C=O) groups is 2. The molecule has 2 amide bonds. The van der Waals surface area contributed by atoms with Crippen molar-refractivity contribution >= 4 is 56.4 Å². The molecule has 3 N–H and O–H groups in total. The zero-order valence-electron chi connectivity index (χ0n) is 16.4. The number of phenols is 1. The first-order valence-electron chi connectivity index (χ1n) is 9.68. The van der Waals surface area contributed by atoms with Gasteiger partial charge in [0.25, 0.3) is 0 Å². The summed E-state index contributed by atoms with van der Waals surface area (Å²) in [7, 11) is -4.26. The van der Waals surface area contributed by atoms with Crippen LogP contribution in [0.1, 0.15) is 25.7 Å². The number of anilines is 2. The van der Waals surface area contributed by atoms with Gasteiger partial charge in [0, 0.05) is 24.9 Å². The number of amides is 2. The summed E-state index contributed by atoms with van der Waals surface area (Å²) in [6, 6.07) is 4.44. The maximum Gasteiger partial charge on any atom is 0.323 e. The zero-order chi connectivity index (χ0) is 23.2. The van der Waals surface area contributed by atoms with Gasteiger partial charge in [-0.1, -0.05) is 29.3 Å². The molecule has 0 radical (unpaired) electrons. The molecule has 32 heavy (non-hydrogen) atoms. The molecule has 0 aliphatic carbocycles. The Balaban J connectivity index is 1.62. The Morgan fingerprint density at radius 1 is 1.06 bits per heavy atom. The van der Waals surface area contributed by atoms with E-state index in [1.807, 2.05) is 0 Å². The zero-order valence-corrected chi connectivity index (χ0v) is 18.8. The number of fused-ring (bicyclic) bond motifs is 2. The molecule has 2 aromatic carbocycles. The first kappa shape index (κ1) is 22.8. The maximum atomic E-state index is 13.6. The van der Waals surface area contributed by atoms with Crippen molar-refractivity contribution in [1.82, 2.24) is 4.31 Å². The van der Waals surface area contributed by atoms with Crippen molar-refractivity contribution in [3.05, 3.63) is 46.2 Å². The molecule has 0 saturated carbocycles. The van der Waals surface area contributed by atoms with Crippen molar-refractivity contribution in [2.45, 2.75) is 42.7 Å². The fraction of sp³-hybridized carbons (Fsp3) is 0.300. The van der Waals surface area contributed by atoms with Crippen LogP contribution in [0.5, 0.6) is 5.75 Å². The van der Waals surface area contributed by atoms with Gasteiger partial charge in [-0.2, -0.15) is 4.31 Å². The van der Waals surface area contributed by atoms with Crippen LogP contribution in [0.15, 0.2) is 35.2 Å². The number of hydrogen-bond acceptors (Lipinski definition) is 5. The number of nitrogens with zero attached hydrogens (tertiary/aromatic N) is 1. The highest BCUT2D eigenvalue weighted by Crippen LogP contribution is 2.44. The van der Waals surface area contributed by atoms with Crippen molar-refractivity contribution in [3.63, 3.8) is 0 Å². The van der Waals surface area contributed by atoms with E-state index in [9.17, 15) is 27.5 Å². The van der Waals surface area contributed by atoms with Gasteiger partial charge >= 0.3 is 6.03 Å². The summed E-state index contributed by atoms with van der Waals surface area (Å²) in [5, 5.41) is 14.8. The highest BCUT2D eigenvalue weighted by molar-refractivity contribution is 7.89. The van der Waals surface area contributed by atoms with Crippen molar-refractivity contribution in [3.8, 4) is 5.75 Å². The molecular weight excluding hydrogens is 484 g/mol. The van der Waals surface area contributed by atoms with Crippen LogP contribution in [-0.4, -0.2) is 41.7 Å². The molecule has 0 spiro atoms. The molecule has 170 valence electrons. The topological polar surface area (TPSA) is 116 Å². The highest BCUT2D eigenvalue weighted by atomic mass is 35.5. The number of hydrogen-bond donors (Lipinski definition) is 3. The average Bonchev–Trinajstić information content (AvgIpc) is 3.00. The molecule has 2 aliphatic rings. The number of carbonyl (C=O) groups excluding carboxylic acids is 2. The molecule has 8 nitrogen and oxygen atoms in total. The van der Waals surface area contributed by atoms with Crippen molar-refractivity contribution < 1.29 is 27.5 Å². The second-order valence-electron chi connectivity index (χ2n) is 7.62. The van der Waals surface area contributed by atoms with E-state index in [4.69, 9.17) is 23.2 Å². The van der Waals surface area contributed by atoms with Crippen LogP contribution in [0.4, 0.5) is 20.6 Å². The van der Waals surface area contributed by atoms with Gasteiger partial charge < -0.3 is 15.7 Å². The summed E-state index contributed by atoms with van der Waals surface area (Å²) in [5.74, 6) is -1.47.